The summed E-state index contributed by atoms with van der Waals surface area (Å²) in [6, 6.07) is 1.99. The first kappa shape index (κ1) is 14.6. The second kappa shape index (κ2) is 5.44. The number of amides is 2. The van der Waals surface area contributed by atoms with Crippen molar-refractivity contribution in [2.24, 2.45) is 11.3 Å². The zero-order valence-electron chi connectivity index (χ0n) is 12.6. The molecule has 2 aliphatic rings. The zero-order valence-corrected chi connectivity index (χ0v) is 13.5. The molecular formula is C16H22N2O2S. The van der Waals surface area contributed by atoms with Crippen LogP contribution in [0.4, 0.5) is 0 Å². The summed E-state index contributed by atoms with van der Waals surface area (Å²) in [7, 11) is 1.71. The third-order valence-corrected chi connectivity index (χ3v) is 6.20. The summed E-state index contributed by atoms with van der Waals surface area (Å²) in [5.41, 5.74) is 1.07. The van der Waals surface area contributed by atoms with Gasteiger partial charge in [0.15, 0.2) is 0 Å². The van der Waals surface area contributed by atoms with Gasteiger partial charge in [-0.05, 0) is 43.2 Å². The summed E-state index contributed by atoms with van der Waals surface area (Å²) in [5, 5.41) is 4.77. The maximum absolute atomic E-state index is 12.7. The van der Waals surface area contributed by atoms with Gasteiger partial charge in [0.1, 0.15) is 0 Å². The van der Waals surface area contributed by atoms with Crippen LogP contribution in [-0.4, -0.2) is 36.9 Å². The number of nitrogens with zero attached hydrogens (tertiary/aromatic N) is 1. The number of thiophene rings is 1. The first-order chi connectivity index (χ1) is 10.1. The van der Waals surface area contributed by atoms with E-state index in [0.717, 1.165) is 49.2 Å². The molecule has 2 amide bonds. The van der Waals surface area contributed by atoms with E-state index in [9.17, 15) is 9.59 Å². The molecule has 1 N–H and O–H groups in total. The van der Waals surface area contributed by atoms with Gasteiger partial charge in [-0.3, -0.25) is 9.59 Å². The number of likely N-dealkylation sites (tertiary alicyclic amines) is 1. The highest BCUT2D eigenvalue weighted by Crippen LogP contribution is 2.50. The van der Waals surface area contributed by atoms with Crippen LogP contribution in [-0.2, 0) is 4.79 Å². The highest BCUT2D eigenvalue weighted by molar-refractivity contribution is 7.12. The van der Waals surface area contributed by atoms with Crippen LogP contribution in [0, 0.1) is 18.3 Å². The fourth-order valence-electron chi connectivity index (χ4n) is 4.02. The minimum atomic E-state index is 0.0148. The van der Waals surface area contributed by atoms with Crippen molar-refractivity contribution in [3.05, 3.63) is 21.9 Å². The number of carbonyl (C=O) groups is 2. The molecule has 0 radical (unpaired) electrons. The van der Waals surface area contributed by atoms with Gasteiger partial charge in [0.2, 0.25) is 5.91 Å². The lowest BCUT2D eigenvalue weighted by Crippen LogP contribution is -2.40. The van der Waals surface area contributed by atoms with Crippen molar-refractivity contribution in [2.75, 3.05) is 20.1 Å². The molecule has 2 heterocycles. The summed E-state index contributed by atoms with van der Waals surface area (Å²) in [4.78, 5) is 27.6. The second-order valence-corrected chi connectivity index (χ2v) is 7.25. The Labute approximate surface area is 129 Å². The second-order valence-electron chi connectivity index (χ2n) is 6.33. The standard InChI is InChI=1S/C16H22N2O2S/c1-11-5-9-21-13(11)15(20)18-8-7-16(10-18)6-3-4-12(16)14(19)17-2/h5,9,12H,3-4,6-8,10H2,1-2H3,(H,17,19)/t12-,16-/m1/s1. The number of aryl methyl sites for hydroxylation is 1. The van der Waals surface area contributed by atoms with Crippen molar-refractivity contribution in [1.82, 2.24) is 10.2 Å². The van der Waals surface area contributed by atoms with Crippen LogP contribution in [0.2, 0.25) is 0 Å². The Kier molecular flexibility index (Phi) is 3.78. The van der Waals surface area contributed by atoms with E-state index >= 15 is 0 Å². The van der Waals surface area contributed by atoms with Gasteiger partial charge in [-0.1, -0.05) is 6.42 Å². The quantitative estimate of drug-likeness (QED) is 0.912. The lowest BCUT2D eigenvalue weighted by atomic mass is 9.76. The topological polar surface area (TPSA) is 49.4 Å². The van der Waals surface area contributed by atoms with Gasteiger partial charge >= 0.3 is 0 Å². The van der Waals surface area contributed by atoms with Crippen molar-refractivity contribution in [1.29, 1.82) is 0 Å². The summed E-state index contributed by atoms with van der Waals surface area (Å²) < 4.78 is 0. The lowest BCUT2D eigenvalue weighted by molar-refractivity contribution is -0.127. The number of nitrogens with one attached hydrogen (secondary N) is 1. The Balaban J connectivity index is 1.77. The maximum Gasteiger partial charge on any atom is 0.264 e. The molecule has 1 spiro atoms. The largest absolute Gasteiger partial charge is 0.359 e. The van der Waals surface area contributed by atoms with Gasteiger partial charge < -0.3 is 10.2 Å². The van der Waals surface area contributed by atoms with Gasteiger partial charge in [0.25, 0.3) is 5.91 Å². The Hall–Kier alpha value is -1.36. The van der Waals surface area contributed by atoms with E-state index in [0.29, 0.717) is 0 Å². The van der Waals surface area contributed by atoms with Gasteiger partial charge in [-0.25, -0.2) is 0 Å². The summed E-state index contributed by atoms with van der Waals surface area (Å²) in [6.45, 7) is 3.50. The molecule has 2 fully saturated rings. The highest BCUT2D eigenvalue weighted by atomic mass is 32.1. The minimum Gasteiger partial charge on any atom is -0.359 e. The lowest BCUT2D eigenvalue weighted by Gasteiger charge is -2.30. The van der Waals surface area contributed by atoms with Gasteiger partial charge in [0, 0.05) is 31.5 Å². The minimum absolute atomic E-state index is 0.0148. The SMILES string of the molecule is CNC(=O)[C@H]1CCC[C@]12CCN(C(=O)c1sccc1C)C2. The first-order valence-corrected chi connectivity index (χ1v) is 8.50. The van der Waals surface area contributed by atoms with E-state index in [-0.39, 0.29) is 23.1 Å². The fraction of sp³-hybridized carbons (Fsp3) is 0.625. The third-order valence-electron chi connectivity index (χ3n) is 5.20. The molecule has 2 atom stereocenters. The van der Waals surface area contributed by atoms with Crippen molar-refractivity contribution in [2.45, 2.75) is 32.6 Å². The van der Waals surface area contributed by atoms with Gasteiger partial charge in [0.05, 0.1) is 4.88 Å². The van der Waals surface area contributed by atoms with Crippen LogP contribution in [0.15, 0.2) is 11.4 Å². The average Bonchev–Trinajstić information content (AvgIpc) is 3.19. The molecule has 1 aromatic heterocycles. The molecule has 4 nitrogen and oxygen atoms in total. The molecule has 21 heavy (non-hydrogen) atoms. The average molecular weight is 306 g/mol. The van der Waals surface area contributed by atoms with Crippen LogP contribution >= 0.6 is 11.3 Å². The Morgan fingerprint density at radius 1 is 1.43 bits per heavy atom. The van der Waals surface area contributed by atoms with Crippen LogP contribution in [0.3, 0.4) is 0 Å². The van der Waals surface area contributed by atoms with E-state index in [2.05, 4.69) is 5.32 Å². The number of hydrogen-bond donors (Lipinski definition) is 1. The molecule has 1 saturated carbocycles. The van der Waals surface area contributed by atoms with Crippen molar-refractivity contribution in [3.63, 3.8) is 0 Å². The highest BCUT2D eigenvalue weighted by Gasteiger charge is 2.51. The van der Waals surface area contributed by atoms with Gasteiger partial charge in [-0.2, -0.15) is 0 Å². The Bertz CT molecular complexity index is 568. The first-order valence-electron chi connectivity index (χ1n) is 7.62. The van der Waals surface area contributed by atoms with E-state index in [1.807, 2.05) is 23.3 Å². The van der Waals surface area contributed by atoms with Gasteiger partial charge in [-0.15, -0.1) is 11.3 Å². The van der Waals surface area contributed by atoms with Crippen LogP contribution < -0.4 is 5.32 Å². The molecule has 1 aliphatic carbocycles. The summed E-state index contributed by atoms with van der Waals surface area (Å²) >= 11 is 1.52. The van der Waals surface area contributed by atoms with E-state index < -0.39 is 0 Å². The molecule has 1 saturated heterocycles. The zero-order chi connectivity index (χ0) is 15.0. The Morgan fingerprint density at radius 2 is 2.24 bits per heavy atom. The molecule has 5 heteroatoms. The van der Waals surface area contributed by atoms with Crippen LogP contribution in [0.1, 0.15) is 40.9 Å². The predicted molar refractivity (Wildman–Crippen MR) is 83.4 cm³/mol. The number of rotatable bonds is 2. The Morgan fingerprint density at radius 3 is 2.90 bits per heavy atom. The molecule has 1 aliphatic heterocycles. The van der Waals surface area contributed by atoms with Crippen molar-refractivity contribution >= 4 is 23.2 Å². The normalized spacial score (nSPS) is 28.3. The third kappa shape index (κ3) is 2.37. The summed E-state index contributed by atoms with van der Waals surface area (Å²) in [6.07, 6.45) is 4.08. The maximum atomic E-state index is 12.7. The van der Waals surface area contributed by atoms with Crippen molar-refractivity contribution < 1.29 is 9.59 Å². The van der Waals surface area contributed by atoms with Crippen LogP contribution in [0.5, 0.6) is 0 Å². The number of carbonyl (C=O) groups excluding carboxylic acids is 2. The van der Waals surface area contributed by atoms with Crippen molar-refractivity contribution in [3.8, 4) is 0 Å². The molecule has 3 rings (SSSR count). The molecule has 0 bridgehead atoms. The van der Waals surface area contributed by atoms with E-state index in [1.54, 1.807) is 7.05 Å². The fourth-order valence-corrected chi connectivity index (χ4v) is 4.91. The monoisotopic (exact) mass is 306 g/mol. The summed E-state index contributed by atoms with van der Waals surface area (Å²) in [5.74, 6) is 0.362. The molecule has 0 aromatic carbocycles. The molecular weight excluding hydrogens is 284 g/mol. The molecule has 1 aromatic rings. The predicted octanol–water partition coefficient (Wildman–Crippen LogP) is 2.43. The number of hydrogen-bond acceptors (Lipinski definition) is 3. The van der Waals surface area contributed by atoms with E-state index in [1.165, 1.54) is 11.3 Å². The smallest absolute Gasteiger partial charge is 0.264 e. The van der Waals surface area contributed by atoms with E-state index in [4.69, 9.17) is 0 Å². The molecule has 0 unspecified atom stereocenters. The van der Waals surface area contributed by atoms with Crippen LogP contribution in [0.25, 0.3) is 0 Å². The molecule has 114 valence electrons.